The van der Waals surface area contributed by atoms with Gasteiger partial charge in [-0.2, -0.15) is 0 Å². The number of nitrogens with zero attached hydrogens (tertiary/aromatic N) is 1. The van der Waals surface area contributed by atoms with Crippen molar-refractivity contribution in [1.82, 2.24) is 9.88 Å². The van der Waals surface area contributed by atoms with Gasteiger partial charge in [0, 0.05) is 29.2 Å². The fourth-order valence-electron chi connectivity index (χ4n) is 3.90. The first kappa shape index (κ1) is 19.3. The molecule has 29 heavy (non-hydrogen) atoms. The second-order valence-corrected chi connectivity index (χ2v) is 6.93. The number of nitrogens with one attached hydrogen (secondary N) is 1. The lowest BCUT2D eigenvalue weighted by Gasteiger charge is -2.41. The molecule has 1 aliphatic rings. The van der Waals surface area contributed by atoms with Crippen LogP contribution in [0.3, 0.4) is 0 Å². The van der Waals surface area contributed by atoms with Crippen LogP contribution in [-0.4, -0.2) is 61.0 Å². The lowest BCUT2D eigenvalue weighted by Crippen LogP contribution is -2.49. The third-order valence-corrected chi connectivity index (χ3v) is 5.34. The monoisotopic (exact) mass is 396 g/mol. The van der Waals surface area contributed by atoms with E-state index in [0.717, 1.165) is 16.5 Å². The third-order valence-electron chi connectivity index (χ3n) is 5.34. The molecule has 1 fully saturated rings. The number of amides is 1. The average molecular weight is 396 g/mol. The van der Waals surface area contributed by atoms with Gasteiger partial charge in [-0.1, -0.05) is 6.07 Å². The Kier molecular flexibility index (Phi) is 5.42. The Labute approximate surface area is 168 Å². The van der Waals surface area contributed by atoms with Gasteiger partial charge < -0.3 is 29.2 Å². The summed E-state index contributed by atoms with van der Waals surface area (Å²) in [5.41, 5.74) is 2.40. The van der Waals surface area contributed by atoms with Crippen LogP contribution in [0.15, 0.2) is 48.7 Å². The van der Waals surface area contributed by atoms with Crippen molar-refractivity contribution in [2.24, 2.45) is 0 Å². The summed E-state index contributed by atoms with van der Waals surface area (Å²) >= 11 is 0. The highest BCUT2D eigenvalue weighted by Crippen LogP contribution is 2.36. The lowest BCUT2D eigenvalue weighted by molar-refractivity contribution is -0.0811. The number of aromatic amines is 1. The molecule has 1 aliphatic heterocycles. The molecule has 7 nitrogen and oxygen atoms in total. The van der Waals surface area contributed by atoms with Crippen molar-refractivity contribution in [3.63, 3.8) is 0 Å². The third kappa shape index (κ3) is 3.54. The van der Waals surface area contributed by atoms with E-state index in [-0.39, 0.29) is 12.5 Å². The molecule has 1 aromatic heterocycles. The fraction of sp³-hybridized carbons (Fsp3) is 0.318. The summed E-state index contributed by atoms with van der Waals surface area (Å²) in [6, 6.07) is 12.6. The van der Waals surface area contributed by atoms with Gasteiger partial charge in [-0.3, -0.25) is 4.79 Å². The van der Waals surface area contributed by atoms with Gasteiger partial charge in [-0.25, -0.2) is 0 Å². The van der Waals surface area contributed by atoms with Crippen molar-refractivity contribution in [3.8, 4) is 11.5 Å². The molecular weight excluding hydrogens is 372 g/mol. The average Bonchev–Trinajstić information content (AvgIpc) is 3.25. The zero-order valence-electron chi connectivity index (χ0n) is 16.4. The number of hydrogen-bond donors (Lipinski definition) is 2. The molecule has 0 unspecified atom stereocenters. The number of ether oxygens (including phenoxy) is 3. The molecule has 1 saturated heterocycles. The summed E-state index contributed by atoms with van der Waals surface area (Å²) in [7, 11) is 3.14. The molecule has 4 rings (SSSR count). The van der Waals surface area contributed by atoms with Crippen molar-refractivity contribution in [2.75, 3.05) is 34.0 Å². The molecule has 1 amide bonds. The number of aliphatic hydroxyl groups excluding tert-OH is 1. The van der Waals surface area contributed by atoms with Gasteiger partial charge >= 0.3 is 0 Å². The van der Waals surface area contributed by atoms with Crippen LogP contribution < -0.4 is 9.47 Å². The van der Waals surface area contributed by atoms with E-state index < -0.39 is 12.1 Å². The largest absolute Gasteiger partial charge is 0.493 e. The van der Waals surface area contributed by atoms with E-state index in [0.29, 0.717) is 30.2 Å². The Morgan fingerprint density at radius 1 is 1.17 bits per heavy atom. The van der Waals surface area contributed by atoms with Crippen LogP contribution in [0.25, 0.3) is 10.9 Å². The SMILES string of the molecule is COc1ccc([C@H]2[C@H](CO)OCCN2C(=O)c2ccc3[nH]ccc3c2)cc1OC. The molecule has 2 heterocycles. The van der Waals surface area contributed by atoms with Gasteiger partial charge in [0.1, 0.15) is 6.10 Å². The highest BCUT2D eigenvalue weighted by Gasteiger charge is 2.37. The molecule has 0 aliphatic carbocycles. The predicted molar refractivity (Wildman–Crippen MR) is 108 cm³/mol. The summed E-state index contributed by atoms with van der Waals surface area (Å²) in [4.78, 5) is 18.3. The van der Waals surface area contributed by atoms with Crippen molar-refractivity contribution < 1.29 is 24.1 Å². The van der Waals surface area contributed by atoms with Crippen LogP contribution >= 0.6 is 0 Å². The van der Waals surface area contributed by atoms with Gasteiger partial charge in [0.2, 0.25) is 0 Å². The van der Waals surface area contributed by atoms with E-state index in [2.05, 4.69) is 4.98 Å². The van der Waals surface area contributed by atoms with Gasteiger partial charge in [0.05, 0.1) is 33.5 Å². The van der Waals surface area contributed by atoms with Crippen molar-refractivity contribution >= 4 is 16.8 Å². The minimum atomic E-state index is -0.526. The normalized spacial score (nSPS) is 19.3. The molecule has 0 radical (unpaired) electrons. The number of H-pyrrole nitrogens is 1. The predicted octanol–water partition coefficient (Wildman–Crippen LogP) is 2.76. The Hall–Kier alpha value is -3.03. The van der Waals surface area contributed by atoms with Crippen LogP contribution in [-0.2, 0) is 4.74 Å². The van der Waals surface area contributed by atoms with Crippen LogP contribution in [0.4, 0.5) is 0 Å². The molecule has 3 aromatic rings. The first-order valence-electron chi connectivity index (χ1n) is 9.48. The number of morpholine rings is 1. The van der Waals surface area contributed by atoms with Gasteiger partial charge in [-0.15, -0.1) is 0 Å². The smallest absolute Gasteiger partial charge is 0.254 e. The zero-order chi connectivity index (χ0) is 20.4. The molecule has 2 N–H and O–H groups in total. The fourth-order valence-corrected chi connectivity index (χ4v) is 3.90. The maximum Gasteiger partial charge on any atom is 0.254 e. The molecule has 152 valence electrons. The minimum Gasteiger partial charge on any atom is -0.493 e. The van der Waals surface area contributed by atoms with E-state index in [1.54, 1.807) is 25.2 Å². The quantitative estimate of drug-likeness (QED) is 0.693. The van der Waals surface area contributed by atoms with E-state index in [4.69, 9.17) is 14.2 Å². The molecule has 2 aromatic carbocycles. The topological polar surface area (TPSA) is 84.0 Å². The van der Waals surface area contributed by atoms with Crippen LogP contribution in [0.2, 0.25) is 0 Å². The first-order chi connectivity index (χ1) is 14.2. The summed E-state index contributed by atoms with van der Waals surface area (Å²) in [6.07, 6.45) is 1.32. The highest BCUT2D eigenvalue weighted by molar-refractivity contribution is 5.98. The first-order valence-corrected chi connectivity index (χ1v) is 9.48. The zero-order valence-corrected chi connectivity index (χ0v) is 16.4. The number of rotatable bonds is 5. The minimum absolute atomic E-state index is 0.102. The van der Waals surface area contributed by atoms with Gasteiger partial charge in [0.15, 0.2) is 11.5 Å². The second-order valence-electron chi connectivity index (χ2n) is 6.93. The van der Waals surface area contributed by atoms with Gasteiger partial charge in [-0.05, 0) is 42.0 Å². The number of benzene rings is 2. The Morgan fingerprint density at radius 3 is 2.76 bits per heavy atom. The Bertz CT molecular complexity index is 1020. The summed E-state index contributed by atoms with van der Waals surface area (Å²) in [5, 5.41) is 10.9. The number of carbonyl (C=O) groups excluding carboxylic acids is 1. The number of fused-ring (bicyclic) bond motifs is 1. The highest BCUT2D eigenvalue weighted by atomic mass is 16.5. The van der Waals surface area contributed by atoms with E-state index >= 15 is 0 Å². The Balaban J connectivity index is 1.72. The lowest BCUT2D eigenvalue weighted by atomic mass is 9.96. The number of aromatic nitrogens is 1. The molecular formula is C22H24N2O5. The summed E-state index contributed by atoms with van der Waals surface area (Å²) in [5.74, 6) is 1.06. The van der Waals surface area contributed by atoms with E-state index in [9.17, 15) is 9.90 Å². The standard InChI is InChI=1S/C22H24N2O5/c1-27-18-6-4-15(12-19(18)28-2)21-20(13-25)29-10-9-24(21)22(26)16-3-5-17-14(11-16)7-8-23-17/h3-8,11-12,20-21,23,25H,9-10,13H2,1-2H3/t20-,21-/m0/s1. The Morgan fingerprint density at radius 2 is 2.00 bits per heavy atom. The van der Waals surface area contributed by atoms with E-state index in [1.807, 2.05) is 42.6 Å². The van der Waals surface area contributed by atoms with E-state index in [1.165, 1.54) is 0 Å². The number of carbonyl (C=O) groups is 1. The van der Waals surface area contributed by atoms with Crippen molar-refractivity contribution in [2.45, 2.75) is 12.1 Å². The van der Waals surface area contributed by atoms with Crippen LogP contribution in [0.5, 0.6) is 11.5 Å². The summed E-state index contributed by atoms with van der Waals surface area (Å²) < 4.78 is 16.5. The van der Waals surface area contributed by atoms with Crippen LogP contribution in [0.1, 0.15) is 22.0 Å². The molecule has 0 spiro atoms. The molecule has 2 atom stereocenters. The maximum atomic E-state index is 13.4. The number of methoxy groups -OCH3 is 2. The molecule has 0 bridgehead atoms. The van der Waals surface area contributed by atoms with Crippen molar-refractivity contribution in [3.05, 3.63) is 59.8 Å². The summed E-state index contributed by atoms with van der Waals surface area (Å²) in [6.45, 7) is 0.603. The van der Waals surface area contributed by atoms with Gasteiger partial charge in [0.25, 0.3) is 5.91 Å². The van der Waals surface area contributed by atoms with Crippen molar-refractivity contribution in [1.29, 1.82) is 0 Å². The second kappa shape index (κ2) is 8.14. The molecule has 7 heteroatoms. The maximum absolute atomic E-state index is 13.4. The number of hydrogen-bond acceptors (Lipinski definition) is 5. The van der Waals surface area contributed by atoms with Crippen LogP contribution in [0, 0.1) is 0 Å². The number of aliphatic hydroxyl groups is 1. The molecule has 0 saturated carbocycles.